The number of aromatic nitrogens is 4. The third-order valence-corrected chi connectivity index (χ3v) is 2.48. The minimum atomic E-state index is 0.783. The maximum Gasteiger partial charge on any atom is 0.0762 e. The summed E-state index contributed by atoms with van der Waals surface area (Å²) in [6.07, 6.45) is 1.95. The largest absolute Gasteiger partial charge is 0.305 e. The fourth-order valence-corrected chi connectivity index (χ4v) is 1.71. The lowest BCUT2D eigenvalue weighted by Gasteiger charge is -2.02. The van der Waals surface area contributed by atoms with Gasteiger partial charge in [-0.3, -0.25) is 9.36 Å². The molecule has 0 amide bonds. The molecule has 0 bridgehead atoms. The first kappa shape index (κ1) is 10.9. The molecule has 2 aromatic rings. The van der Waals surface area contributed by atoms with Crippen LogP contribution in [-0.2, 0) is 27.2 Å². The van der Waals surface area contributed by atoms with E-state index in [9.17, 15) is 0 Å². The van der Waals surface area contributed by atoms with Gasteiger partial charge in [-0.25, -0.2) is 0 Å². The van der Waals surface area contributed by atoms with Crippen LogP contribution < -0.4 is 5.32 Å². The second-order valence-corrected chi connectivity index (χ2v) is 3.98. The minimum absolute atomic E-state index is 0.783. The number of rotatable bonds is 4. The van der Waals surface area contributed by atoms with E-state index in [0.29, 0.717) is 0 Å². The molecule has 0 saturated carbocycles. The highest BCUT2D eigenvalue weighted by atomic mass is 15.3. The molecular formula is C11H17N5. The predicted molar refractivity (Wildman–Crippen MR) is 61.7 cm³/mol. The Kier molecular flexibility index (Phi) is 3.05. The summed E-state index contributed by atoms with van der Waals surface area (Å²) in [5.74, 6) is 0. The average Bonchev–Trinajstić information content (AvgIpc) is 2.74. The van der Waals surface area contributed by atoms with Gasteiger partial charge >= 0.3 is 0 Å². The van der Waals surface area contributed by atoms with Crippen LogP contribution in [0.15, 0.2) is 18.3 Å². The van der Waals surface area contributed by atoms with E-state index < -0.39 is 0 Å². The van der Waals surface area contributed by atoms with Crippen LogP contribution in [0.5, 0.6) is 0 Å². The van der Waals surface area contributed by atoms with Gasteiger partial charge in [-0.15, -0.1) is 0 Å². The third kappa shape index (κ3) is 2.49. The normalized spacial score (nSPS) is 10.9. The first-order valence-corrected chi connectivity index (χ1v) is 5.34. The maximum atomic E-state index is 4.30. The molecule has 0 aliphatic carbocycles. The second kappa shape index (κ2) is 4.49. The Bertz CT molecular complexity index is 468. The first-order valence-electron chi connectivity index (χ1n) is 5.34. The van der Waals surface area contributed by atoms with Crippen molar-refractivity contribution in [2.24, 2.45) is 14.1 Å². The topological polar surface area (TPSA) is 47.7 Å². The van der Waals surface area contributed by atoms with Gasteiger partial charge in [-0.2, -0.15) is 10.2 Å². The smallest absolute Gasteiger partial charge is 0.0762 e. The van der Waals surface area contributed by atoms with Crippen LogP contribution in [0.4, 0.5) is 0 Å². The Morgan fingerprint density at radius 2 is 2.06 bits per heavy atom. The Balaban J connectivity index is 1.86. The molecule has 0 spiro atoms. The molecule has 0 atom stereocenters. The summed E-state index contributed by atoms with van der Waals surface area (Å²) in [5.41, 5.74) is 3.30. The van der Waals surface area contributed by atoms with Crippen molar-refractivity contribution in [3.05, 3.63) is 35.4 Å². The molecule has 0 saturated heterocycles. The van der Waals surface area contributed by atoms with Gasteiger partial charge in [-0.05, 0) is 19.1 Å². The summed E-state index contributed by atoms with van der Waals surface area (Å²) in [5, 5.41) is 11.9. The van der Waals surface area contributed by atoms with Gasteiger partial charge in [-0.1, -0.05) is 0 Å². The van der Waals surface area contributed by atoms with Crippen LogP contribution in [0.1, 0.15) is 17.1 Å². The highest BCUT2D eigenvalue weighted by Gasteiger charge is 2.02. The molecule has 0 unspecified atom stereocenters. The minimum Gasteiger partial charge on any atom is -0.305 e. The molecule has 5 nitrogen and oxygen atoms in total. The molecule has 0 aromatic carbocycles. The maximum absolute atomic E-state index is 4.30. The molecule has 0 aliphatic heterocycles. The standard InChI is InChI=1S/C11H17N5/c1-9-6-11(16(3)13-9)8-12-7-10-4-5-15(2)14-10/h4-6,12H,7-8H2,1-3H3. The third-order valence-electron chi connectivity index (χ3n) is 2.48. The zero-order valence-electron chi connectivity index (χ0n) is 9.94. The molecule has 0 fully saturated rings. The fourth-order valence-electron chi connectivity index (χ4n) is 1.71. The molecule has 86 valence electrons. The Hall–Kier alpha value is -1.62. The quantitative estimate of drug-likeness (QED) is 0.825. The van der Waals surface area contributed by atoms with Crippen LogP contribution in [0.25, 0.3) is 0 Å². The Labute approximate surface area is 95.1 Å². The van der Waals surface area contributed by atoms with E-state index in [-0.39, 0.29) is 0 Å². The van der Waals surface area contributed by atoms with E-state index in [2.05, 4.69) is 21.6 Å². The zero-order chi connectivity index (χ0) is 11.5. The van der Waals surface area contributed by atoms with E-state index in [1.165, 1.54) is 5.69 Å². The molecular weight excluding hydrogens is 202 g/mol. The van der Waals surface area contributed by atoms with E-state index in [1.807, 2.05) is 42.6 Å². The van der Waals surface area contributed by atoms with Crippen LogP contribution in [0, 0.1) is 6.92 Å². The van der Waals surface area contributed by atoms with Crippen molar-refractivity contribution in [3.8, 4) is 0 Å². The first-order chi connectivity index (χ1) is 7.65. The highest BCUT2D eigenvalue weighted by Crippen LogP contribution is 2.01. The molecule has 0 aliphatic rings. The van der Waals surface area contributed by atoms with Crippen molar-refractivity contribution in [1.82, 2.24) is 24.9 Å². The van der Waals surface area contributed by atoms with Crippen molar-refractivity contribution in [3.63, 3.8) is 0 Å². The van der Waals surface area contributed by atoms with Crippen LogP contribution in [0.3, 0.4) is 0 Å². The van der Waals surface area contributed by atoms with Crippen molar-refractivity contribution in [1.29, 1.82) is 0 Å². The number of hydrogen-bond acceptors (Lipinski definition) is 3. The van der Waals surface area contributed by atoms with Gasteiger partial charge in [0.05, 0.1) is 17.1 Å². The van der Waals surface area contributed by atoms with Crippen molar-refractivity contribution < 1.29 is 0 Å². The average molecular weight is 219 g/mol. The highest BCUT2D eigenvalue weighted by molar-refractivity contribution is 5.08. The molecule has 2 aromatic heterocycles. The summed E-state index contributed by atoms with van der Waals surface area (Å²) in [6, 6.07) is 4.10. The lowest BCUT2D eigenvalue weighted by Crippen LogP contribution is -2.15. The number of nitrogens with zero attached hydrogens (tertiary/aromatic N) is 4. The summed E-state index contributed by atoms with van der Waals surface area (Å²) in [6.45, 7) is 3.60. The molecule has 16 heavy (non-hydrogen) atoms. The summed E-state index contributed by atoms with van der Waals surface area (Å²) in [7, 11) is 3.89. The Morgan fingerprint density at radius 3 is 2.62 bits per heavy atom. The van der Waals surface area contributed by atoms with Crippen LogP contribution in [0.2, 0.25) is 0 Å². The van der Waals surface area contributed by atoms with Crippen LogP contribution >= 0.6 is 0 Å². The van der Waals surface area contributed by atoms with Crippen molar-refractivity contribution in [2.75, 3.05) is 0 Å². The lowest BCUT2D eigenvalue weighted by molar-refractivity contribution is 0.611. The molecule has 0 radical (unpaired) electrons. The zero-order valence-corrected chi connectivity index (χ0v) is 9.94. The van der Waals surface area contributed by atoms with Crippen molar-refractivity contribution >= 4 is 0 Å². The van der Waals surface area contributed by atoms with Gasteiger partial charge in [0.15, 0.2) is 0 Å². The summed E-state index contributed by atoms with van der Waals surface area (Å²) >= 11 is 0. The Morgan fingerprint density at radius 1 is 1.25 bits per heavy atom. The molecule has 2 heterocycles. The van der Waals surface area contributed by atoms with Crippen LogP contribution in [-0.4, -0.2) is 19.6 Å². The van der Waals surface area contributed by atoms with Crippen molar-refractivity contribution in [2.45, 2.75) is 20.0 Å². The second-order valence-electron chi connectivity index (χ2n) is 3.98. The molecule has 1 N–H and O–H groups in total. The number of nitrogens with one attached hydrogen (secondary N) is 1. The van der Waals surface area contributed by atoms with Gasteiger partial charge in [0, 0.05) is 33.4 Å². The predicted octanol–water partition coefficient (Wildman–Crippen LogP) is 0.752. The molecule has 5 heteroatoms. The number of hydrogen-bond donors (Lipinski definition) is 1. The van der Waals surface area contributed by atoms with E-state index >= 15 is 0 Å². The summed E-state index contributed by atoms with van der Waals surface area (Å²) in [4.78, 5) is 0. The van der Waals surface area contributed by atoms with Gasteiger partial charge in [0.25, 0.3) is 0 Å². The van der Waals surface area contributed by atoms with E-state index in [0.717, 1.165) is 24.5 Å². The van der Waals surface area contributed by atoms with Gasteiger partial charge in [0.2, 0.25) is 0 Å². The molecule has 2 rings (SSSR count). The summed E-state index contributed by atoms with van der Waals surface area (Å²) < 4.78 is 3.71. The number of aryl methyl sites for hydroxylation is 3. The van der Waals surface area contributed by atoms with Gasteiger partial charge < -0.3 is 5.32 Å². The monoisotopic (exact) mass is 219 g/mol. The van der Waals surface area contributed by atoms with E-state index in [1.54, 1.807) is 0 Å². The van der Waals surface area contributed by atoms with Gasteiger partial charge in [0.1, 0.15) is 0 Å². The van der Waals surface area contributed by atoms with E-state index in [4.69, 9.17) is 0 Å². The SMILES string of the molecule is Cc1cc(CNCc2ccn(C)n2)n(C)n1. The fraction of sp³-hybridized carbons (Fsp3) is 0.455. The lowest BCUT2D eigenvalue weighted by atomic mass is 10.3.